The highest BCUT2D eigenvalue weighted by molar-refractivity contribution is 7.92. The molecule has 1 atom stereocenters. The Kier molecular flexibility index (Phi) is 5.74. The number of likely N-dealkylation sites (tertiary alicyclic amines) is 1. The van der Waals surface area contributed by atoms with Crippen LogP contribution < -0.4 is 4.72 Å². The van der Waals surface area contributed by atoms with Crippen molar-refractivity contribution in [2.24, 2.45) is 0 Å². The van der Waals surface area contributed by atoms with Crippen LogP contribution in [-0.4, -0.2) is 33.0 Å². The zero-order valence-corrected chi connectivity index (χ0v) is 17.4. The van der Waals surface area contributed by atoms with Gasteiger partial charge in [-0.05, 0) is 85.9 Å². The smallest absolute Gasteiger partial charge is 0.261 e. The van der Waals surface area contributed by atoms with Crippen molar-refractivity contribution in [2.45, 2.75) is 30.6 Å². The van der Waals surface area contributed by atoms with Gasteiger partial charge in [0, 0.05) is 17.8 Å². The van der Waals surface area contributed by atoms with Gasteiger partial charge in [-0.15, -0.1) is 0 Å². The van der Waals surface area contributed by atoms with Gasteiger partial charge in [-0.3, -0.25) is 4.72 Å². The summed E-state index contributed by atoms with van der Waals surface area (Å²) in [4.78, 5) is 2.72. The van der Waals surface area contributed by atoms with Gasteiger partial charge >= 0.3 is 0 Å². The summed E-state index contributed by atoms with van der Waals surface area (Å²) < 4.78 is 33.4. The van der Waals surface area contributed by atoms with Gasteiger partial charge in [0.25, 0.3) is 10.0 Å². The number of benzene rings is 2. The molecular weight excluding hydrogens is 384 g/mol. The average molecular weight is 411 g/mol. The molecule has 1 aromatic heterocycles. The highest BCUT2D eigenvalue weighted by Gasteiger charge is 2.23. The maximum absolute atomic E-state index is 12.7. The van der Waals surface area contributed by atoms with Crippen molar-refractivity contribution in [1.82, 2.24) is 4.90 Å². The molecule has 1 N–H and O–H groups in total. The number of sulfonamides is 1. The van der Waals surface area contributed by atoms with Crippen LogP contribution >= 0.6 is 0 Å². The van der Waals surface area contributed by atoms with Gasteiger partial charge in [0.15, 0.2) is 0 Å². The van der Waals surface area contributed by atoms with Gasteiger partial charge in [-0.2, -0.15) is 0 Å². The summed E-state index contributed by atoms with van der Waals surface area (Å²) >= 11 is 0. The molecule has 6 heteroatoms. The van der Waals surface area contributed by atoms with E-state index in [9.17, 15) is 8.42 Å². The van der Waals surface area contributed by atoms with E-state index in [2.05, 4.69) is 16.5 Å². The number of hydrogen-bond donors (Lipinski definition) is 1. The molecule has 5 nitrogen and oxygen atoms in total. The molecule has 0 amide bonds. The van der Waals surface area contributed by atoms with E-state index < -0.39 is 10.0 Å². The summed E-state index contributed by atoms with van der Waals surface area (Å²) in [5.41, 5.74) is 2.69. The second kappa shape index (κ2) is 8.43. The van der Waals surface area contributed by atoms with Crippen LogP contribution in [0.25, 0.3) is 11.3 Å². The van der Waals surface area contributed by atoms with Crippen molar-refractivity contribution in [3.05, 3.63) is 72.5 Å². The topological polar surface area (TPSA) is 62.6 Å². The van der Waals surface area contributed by atoms with Crippen LogP contribution in [0.5, 0.6) is 0 Å². The lowest BCUT2D eigenvalue weighted by Gasteiger charge is -2.15. The molecule has 0 bridgehead atoms. The molecular formula is C23H26N2O3S. The predicted octanol–water partition coefficient (Wildman–Crippen LogP) is 4.95. The van der Waals surface area contributed by atoms with Crippen molar-refractivity contribution in [3.63, 3.8) is 0 Å². The zero-order valence-electron chi connectivity index (χ0n) is 16.5. The quantitative estimate of drug-likeness (QED) is 0.599. The lowest BCUT2D eigenvalue weighted by Crippen LogP contribution is -2.20. The van der Waals surface area contributed by atoms with Crippen LogP contribution in [0.2, 0.25) is 0 Å². The first-order chi connectivity index (χ1) is 14.0. The summed E-state index contributed by atoms with van der Waals surface area (Å²) in [6.45, 7) is 5.58. The standard InChI is InChI=1S/C23H26N2O3S/c1-2-14-25-15-13-20(17-25)18-5-9-21(10-6-18)24-29(26,27)22-11-7-19(8-12-22)23-4-3-16-28-23/h3-12,16,20,24H,2,13-15,17H2,1H3/t20-/m1/s1. The van der Waals surface area contributed by atoms with Crippen molar-refractivity contribution in [1.29, 1.82) is 0 Å². The second-order valence-corrected chi connectivity index (χ2v) is 9.20. The summed E-state index contributed by atoms with van der Waals surface area (Å²) in [6, 6.07) is 18.1. The van der Waals surface area contributed by atoms with Crippen molar-refractivity contribution in [2.75, 3.05) is 24.4 Å². The molecule has 4 rings (SSSR count). The molecule has 2 aromatic carbocycles. The molecule has 1 aliphatic rings. The molecule has 0 radical (unpaired) electrons. The Morgan fingerprint density at radius 1 is 1.07 bits per heavy atom. The summed E-state index contributed by atoms with van der Waals surface area (Å²) in [7, 11) is -3.64. The summed E-state index contributed by atoms with van der Waals surface area (Å²) in [6.07, 6.45) is 3.93. The van der Waals surface area contributed by atoms with Gasteiger partial charge in [0.2, 0.25) is 0 Å². The Bertz CT molecular complexity index is 1030. The summed E-state index contributed by atoms with van der Waals surface area (Å²) in [5.74, 6) is 1.24. The maximum atomic E-state index is 12.7. The number of furan rings is 1. The lowest BCUT2D eigenvalue weighted by atomic mass is 9.98. The van der Waals surface area contributed by atoms with E-state index in [-0.39, 0.29) is 4.90 Å². The van der Waals surface area contributed by atoms with E-state index in [0.29, 0.717) is 17.4 Å². The normalized spacial score (nSPS) is 17.5. The fraction of sp³-hybridized carbons (Fsp3) is 0.304. The van der Waals surface area contributed by atoms with Crippen molar-refractivity contribution < 1.29 is 12.8 Å². The largest absolute Gasteiger partial charge is 0.464 e. The van der Waals surface area contributed by atoms with Crippen LogP contribution in [0.1, 0.15) is 31.2 Å². The monoisotopic (exact) mass is 410 g/mol. The fourth-order valence-corrected chi connectivity index (χ4v) is 4.96. The van der Waals surface area contributed by atoms with Crippen molar-refractivity contribution >= 4 is 15.7 Å². The minimum absolute atomic E-state index is 0.225. The highest BCUT2D eigenvalue weighted by Crippen LogP contribution is 2.29. The molecule has 1 fully saturated rings. The number of nitrogens with one attached hydrogen (secondary N) is 1. The van der Waals surface area contributed by atoms with Crippen LogP contribution in [0, 0.1) is 0 Å². The minimum Gasteiger partial charge on any atom is -0.464 e. The number of hydrogen-bond acceptors (Lipinski definition) is 4. The third-order valence-corrected chi connectivity index (χ3v) is 6.81. The Morgan fingerprint density at radius 2 is 1.83 bits per heavy atom. The molecule has 0 saturated carbocycles. The van der Waals surface area contributed by atoms with Crippen LogP contribution in [0.15, 0.2) is 76.2 Å². The highest BCUT2D eigenvalue weighted by atomic mass is 32.2. The van der Waals surface area contributed by atoms with E-state index in [1.807, 2.05) is 30.3 Å². The van der Waals surface area contributed by atoms with E-state index in [1.165, 1.54) is 12.0 Å². The average Bonchev–Trinajstić information content (AvgIpc) is 3.41. The molecule has 1 aliphatic heterocycles. The molecule has 0 spiro atoms. The number of anilines is 1. The van der Waals surface area contributed by atoms with Crippen LogP contribution in [-0.2, 0) is 10.0 Å². The van der Waals surface area contributed by atoms with E-state index in [0.717, 1.165) is 31.6 Å². The SMILES string of the molecule is CCCN1CC[C@@H](c2ccc(NS(=O)(=O)c3ccc(-c4ccco4)cc3)cc2)C1. The van der Waals surface area contributed by atoms with Gasteiger partial charge < -0.3 is 9.32 Å². The maximum Gasteiger partial charge on any atom is 0.261 e. The third kappa shape index (κ3) is 4.54. The first kappa shape index (κ1) is 19.7. The van der Waals surface area contributed by atoms with Gasteiger partial charge in [0.1, 0.15) is 5.76 Å². The minimum atomic E-state index is -3.64. The molecule has 0 unspecified atom stereocenters. The number of rotatable bonds is 7. The van der Waals surface area contributed by atoms with E-state index in [4.69, 9.17) is 4.42 Å². The molecule has 29 heavy (non-hydrogen) atoms. The van der Waals surface area contributed by atoms with Crippen LogP contribution in [0.3, 0.4) is 0 Å². The Labute approximate surface area is 172 Å². The molecule has 2 heterocycles. The van der Waals surface area contributed by atoms with Gasteiger partial charge in [-0.25, -0.2) is 8.42 Å². The van der Waals surface area contributed by atoms with Gasteiger partial charge in [-0.1, -0.05) is 19.1 Å². The fourth-order valence-electron chi connectivity index (χ4n) is 3.90. The Morgan fingerprint density at radius 3 is 2.48 bits per heavy atom. The molecule has 1 saturated heterocycles. The van der Waals surface area contributed by atoms with Gasteiger partial charge in [0.05, 0.1) is 11.2 Å². The van der Waals surface area contributed by atoms with E-state index in [1.54, 1.807) is 36.6 Å². The Balaban J connectivity index is 1.43. The first-order valence-electron chi connectivity index (χ1n) is 10.0. The molecule has 3 aromatic rings. The summed E-state index contributed by atoms with van der Waals surface area (Å²) in [5, 5.41) is 0. The van der Waals surface area contributed by atoms with E-state index >= 15 is 0 Å². The van der Waals surface area contributed by atoms with Crippen LogP contribution in [0.4, 0.5) is 5.69 Å². The lowest BCUT2D eigenvalue weighted by molar-refractivity contribution is 0.335. The second-order valence-electron chi connectivity index (χ2n) is 7.52. The number of nitrogens with zero attached hydrogens (tertiary/aromatic N) is 1. The van der Waals surface area contributed by atoms with Crippen molar-refractivity contribution in [3.8, 4) is 11.3 Å². The molecule has 152 valence electrons. The Hall–Kier alpha value is -2.57. The zero-order chi connectivity index (χ0) is 20.3. The predicted molar refractivity (Wildman–Crippen MR) is 115 cm³/mol. The third-order valence-electron chi connectivity index (χ3n) is 5.42. The first-order valence-corrected chi connectivity index (χ1v) is 11.5. The molecule has 0 aliphatic carbocycles.